The summed E-state index contributed by atoms with van der Waals surface area (Å²) in [7, 11) is 0. The second-order valence-corrected chi connectivity index (χ2v) is 7.15. The molecule has 2 rings (SSSR count). The Kier molecular flexibility index (Phi) is 4.54. The minimum absolute atomic E-state index is 0.305. The third-order valence-electron chi connectivity index (χ3n) is 4.35. The van der Waals surface area contributed by atoms with E-state index in [1.54, 1.807) is 18.7 Å². The maximum absolute atomic E-state index is 12.6. The Morgan fingerprint density at radius 2 is 1.86 bits per heavy atom. The van der Waals surface area contributed by atoms with Crippen LogP contribution in [-0.4, -0.2) is 41.3 Å². The topological polar surface area (TPSA) is 55.8 Å². The summed E-state index contributed by atoms with van der Waals surface area (Å²) in [5.74, 6) is -0.354. The lowest BCUT2D eigenvalue weighted by Gasteiger charge is -2.36. The third-order valence-corrected chi connectivity index (χ3v) is 4.35. The van der Waals surface area contributed by atoms with Crippen LogP contribution in [0.3, 0.4) is 0 Å². The number of esters is 1. The Morgan fingerprint density at radius 3 is 2.45 bits per heavy atom. The zero-order valence-corrected chi connectivity index (χ0v) is 14.3. The van der Waals surface area contributed by atoms with E-state index in [2.05, 4.69) is 0 Å². The molecule has 22 heavy (non-hydrogen) atoms. The Morgan fingerprint density at radius 1 is 1.23 bits per heavy atom. The van der Waals surface area contributed by atoms with Crippen LogP contribution in [0, 0.1) is 0 Å². The lowest BCUT2D eigenvalue weighted by atomic mass is 9.83. The van der Waals surface area contributed by atoms with Crippen molar-refractivity contribution < 1.29 is 19.1 Å². The summed E-state index contributed by atoms with van der Waals surface area (Å²) in [6.07, 6.45) is 3.51. The van der Waals surface area contributed by atoms with Crippen molar-refractivity contribution in [3.63, 3.8) is 0 Å². The van der Waals surface area contributed by atoms with Crippen molar-refractivity contribution in [1.82, 2.24) is 4.90 Å². The van der Waals surface area contributed by atoms with E-state index in [4.69, 9.17) is 9.47 Å². The van der Waals surface area contributed by atoms with Crippen molar-refractivity contribution in [1.29, 1.82) is 0 Å². The van der Waals surface area contributed by atoms with Crippen LogP contribution in [0.15, 0.2) is 11.1 Å². The van der Waals surface area contributed by atoms with Crippen molar-refractivity contribution in [2.45, 2.75) is 71.4 Å². The van der Waals surface area contributed by atoms with Gasteiger partial charge >= 0.3 is 12.1 Å². The molecule has 5 nitrogen and oxygen atoms in total. The molecule has 0 N–H and O–H groups in total. The maximum atomic E-state index is 12.6. The molecule has 0 spiro atoms. The zero-order valence-electron chi connectivity index (χ0n) is 14.3. The van der Waals surface area contributed by atoms with Crippen molar-refractivity contribution >= 4 is 12.1 Å². The highest BCUT2D eigenvalue weighted by molar-refractivity contribution is 5.91. The van der Waals surface area contributed by atoms with E-state index >= 15 is 0 Å². The van der Waals surface area contributed by atoms with Gasteiger partial charge in [0.2, 0.25) is 0 Å². The first-order valence-corrected chi connectivity index (χ1v) is 8.09. The normalized spacial score (nSPS) is 25.0. The molecular weight excluding hydrogens is 282 g/mol. The molecular formula is C17H27NO4. The van der Waals surface area contributed by atoms with E-state index in [0.29, 0.717) is 13.2 Å². The minimum Gasteiger partial charge on any atom is -0.464 e. The van der Waals surface area contributed by atoms with Gasteiger partial charge in [0.05, 0.1) is 6.61 Å². The Hall–Kier alpha value is -1.52. The SMILES string of the molecule is CCOC(=O)C1(C)C2=C(CCCC2)CN1C(=O)OC(C)(C)C. The predicted molar refractivity (Wildman–Crippen MR) is 83.5 cm³/mol. The van der Waals surface area contributed by atoms with Gasteiger partial charge in [-0.25, -0.2) is 9.59 Å². The second kappa shape index (κ2) is 5.94. The quantitative estimate of drug-likeness (QED) is 0.579. The van der Waals surface area contributed by atoms with Crippen LogP contribution in [0.1, 0.15) is 60.3 Å². The average Bonchev–Trinajstić information content (AvgIpc) is 2.73. The highest BCUT2D eigenvalue weighted by Gasteiger charge is 2.53. The van der Waals surface area contributed by atoms with Gasteiger partial charge in [0.25, 0.3) is 0 Å². The number of amides is 1. The van der Waals surface area contributed by atoms with Crippen LogP contribution in [0.2, 0.25) is 0 Å². The number of carbonyl (C=O) groups is 2. The highest BCUT2D eigenvalue weighted by Crippen LogP contribution is 2.43. The van der Waals surface area contributed by atoms with E-state index < -0.39 is 17.2 Å². The summed E-state index contributed by atoms with van der Waals surface area (Å²) in [4.78, 5) is 26.7. The molecule has 0 saturated heterocycles. The van der Waals surface area contributed by atoms with Crippen LogP contribution in [0.5, 0.6) is 0 Å². The minimum atomic E-state index is -1.02. The molecule has 1 amide bonds. The van der Waals surface area contributed by atoms with Gasteiger partial charge in [0.1, 0.15) is 5.60 Å². The molecule has 1 aliphatic carbocycles. The van der Waals surface area contributed by atoms with Crippen molar-refractivity contribution in [3.8, 4) is 0 Å². The second-order valence-electron chi connectivity index (χ2n) is 7.15. The monoisotopic (exact) mass is 309 g/mol. The van der Waals surface area contributed by atoms with Crippen LogP contribution in [0.4, 0.5) is 4.79 Å². The van der Waals surface area contributed by atoms with Crippen molar-refractivity contribution in [2.75, 3.05) is 13.2 Å². The first-order chi connectivity index (χ1) is 10.2. The molecule has 1 atom stereocenters. The van der Waals surface area contributed by atoms with E-state index in [9.17, 15) is 9.59 Å². The highest BCUT2D eigenvalue weighted by atomic mass is 16.6. The maximum Gasteiger partial charge on any atom is 0.411 e. The van der Waals surface area contributed by atoms with E-state index in [1.807, 2.05) is 20.8 Å². The number of ether oxygens (including phenoxy) is 2. The lowest BCUT2D eigenvalue weighted by Crippen LogP contribution is -2.55. The van der Waals surface area contributed by atoms with Gasteiger partial charge in [0.15, 0.2) is 5.54 Å². The first-order valence-electron chi connectivity index (χ1n) is 8.09. The fraction of sp³-hybridized carbons (Fsp3) is 0.765. The largest absolute Gasteiger partial charge is 0.464 e. The molecule has 0 fully saturated rings. The summed E-state index contributed by atoms with van der Waals surface area (Å²) in [6.45, 7) is 9.84. The van der Waals surface area contributed by atoms with Crippen molar-refractivity contribution in [2.24, 2.45) is 0 Å². The van der Waals surface area contributed by atoms with Gasteiger partial charge in [-0.05, 0) is 71.4 Å². The van der Waals surface area contributed by atoms with Crippen LogP contribution >= 0.6 is 0 Å². The molecule has 0 aromatic rings. The predicted octanol–water partition coefficient (Wildman–Crippen LogP) is 3.43. The van der Waals surface area contributed by atoms with Gasteiger partial charge in [-0.3, -0.25) is 4.90 Å². The fourth-order valence-electron chi connectivity index (χ4n) is 3.31. The molecule has 5 heteroatoms. The van der Waals surface area contributed by atoms with Gasteiger partial charge in [-0.15, -0.1) is 0 Å². The van der Waals surface area contributed by atoms with Gasteiger partial charge in [0, 0.05) is 6.54 Å². The summed E-state index contributed by atoms with van der Waals surface area (Å²) < 4.78 is 10.8. The molecule has 0 aromatic carbocycles. The molecule has 1 heterocycles. The Balaban J connectivity index is 2.34. The molecule has 2 aliphatic rings. The zero-order chi connectivity index (χ0) is 16.5. The van der Waals surface area contributed by atoms with Crippen LogP contribution < -0.4 is 0 Å². The number of rotatable bonds is 2. The van der Waals surface area contributed by atoms with E-state index in [-0.39, 0.29) is 5.97 Å². The number of carbonyl (C=O) groups excluding carboxylic acids is 2. The fourth-order valence-corrected chi connectivity index (χ4v) is 3.31. The molecule has 1 aliphatic heterocycles. The third kappa shape index (κ3) is 2.99. The first kappa shape index (κ1) is 16.8. The van der Waals surface area contributed by atoms with Crippen LogP contribution in [0.25, 0.3) is 0 Å². The summed E-state index contributed by atoms with van der Waals surface area (Å²) >= 11 is 0. The Bertz CT molecular complexity index is 503. The smallest absolute Gasteiger partial charge is 0.411 e. The van der Waals surface area contributed by atoms with Crippen LogP contribution in [-0.2, 0) is 14.3 Å². The molecule has 0 saturated carbocycles. The molecule has 0 aromatic heterocycles. The standard InChI is InChI=1S/C17H27NO4/c1-6-21-14(19)17(5)13-10-8-7-9-12(13)11-18(17)15(20)22-16(2,3)4/h6-11H2,1-5H3. The van der Waals surface area contributed by atoms with Gasteiger partial charge in [-0.2, -0.15) is 0 Å². The molecule has 0 radical (unpaired) electrons. The molecule has 0 bridgehead atoms. The molecule has 1 unspecified atom stereocenters. The summed E-state index contributed by atoms with van der Waals surface area (Å²) in [5.41, 5.74) is 0.653. The van der Waals surface area contributed by atoms with E-state index in [0.717, 1.165) is 31.3 Å². The lowest BCUT2D eigenvalue weighted by molar-refractivity contribution is -0.153. The van der Waals surface area contributed by atoms with Gasteiger partial charge < -0.3 is 9.47 Å². The van der Waals surface area contributed by atoms with Crippen molar-refractivity contribution in [3.05, 3.63) is 11.1 Å². The summed E-state index contributed by atoms with van der Waals surface area (Å²) in [5, 5.41) is 0. The van der Waals surface area contributed by atoms with Gasteiger partial charge in [-0.1, -0.05) is 0 Å². The number of hydrogen-bond acceptors (Lipinski definition) is 4. The number of nitrogens with zero attached hydrogens (tertiary/aromatic N) is 1. The Labute approximate surface area is 132 Å². The average molecular weight is 309 g/mol. The van der Waals surface area contributed by atoms with E-state index in [1.165, 1.54) is 5.57 Å². The summed E-state index contributed by atoms with van der Waals surface area (Å²) in [6, 6.07) is 0. The number of hydrogen-bond donors (Lipinski definition) is 0. The molecule has 124 valence electrons.